The molecule has 3 saturated heterocycles. The molecule has 1 aromatic rings. The van der Waals surface area contributed by atoms with E-state index in [0.717, 1.165) is 109 Å². The lowest BCUT2D eigenvalue weighted by Gasteiger charge is -2.30. The summed E-state index contributed by atoms with van der Waals surface area (Å²) in [4.78, 5) is 11.6. The zero-order valence-electron chi connectivity index (χ0n) is 28.2. The van der Waals surface area contributed by atoms with Crippen LogP contribution in [-0.4, -0.2) is 76.7 Å². The molecule has 4 aliphatic rings. The third-order valence-electron chi connectivity index (χ3n) is 9.52. The van der Waals surface area contributed by atoms with E-state index < -0.39 is 0 Å². The molecule has 262 valence electrons. The molecule has 5 rings (SSSR count). The summed E-state index contributed by atoms with van der Waals surface area (Å²) in [7, 11) is 1.44. The Bertz CT molecular complexity index is 1060. The van der Waals surface area contributed by atoms with E-state index in [1.165, 1.54) is 7.11 Å². The second-order valence-corrected chi connectivity index (χ2v) is 13.1. The van der Waals surface area contributed by atoms with Gasteiger partial charge in [-0.2, -0.15) is 0 Å². The van der Waals surface area contributed by atoms with Crippen LogP contribution in [0.4, 0.5) is 0 Å². The Morgan fingerprint density at radius 1 is 0.851 bits per heavy atom. The predicted molar refractivity (Wildman–Crippen MR) is 178 cm³/mol. The molecule has 0 amide bonds. The Morgan fingerprint density at radius 3 is 2.15 bits per heavy atom. The van der Waals surface area contributed by atoms with Gasteiger partial charge in [0, 0.05) is 38.6 Å². The van der Waals surface area contributed by atoms with Crippen LogP contribution in [-0.2, 0) is 38.0 Å². The molecule has 1 aliphatic carbocycles. The van der Waals surface area contributed by atoms with Crippen LogP contribution >= 0.6 is 0 Å². The van der Waals surface area contributed by atoms with E-state index in [2.05, 4.69) is 24.3 Å². The molecule has 1 aromatic carbocycles. The molecule has 0 N–H and O–H groups in total. The van der Waals surface area contributed by atoms with E-state index in [-0.39, 0.29) is 55.0 Å². The number of benzene rings is 1. The summed E-state index contributed by atoms with van der Waals surface area (Å²) in [6.45, 7) is 2.58. The quantitative estimate of drug-likeness (QED) is 0.0975. The number of carbonyl (C=O) groups excluding carboxylic acids is 1. The first-order valence-corrected chi connectivity index (χ1v) is 18.1. The van der Waals surface area contributed by atoms with Gasteiger partial charge in [0.15, 0.2) is 18.9 Å². The molecular formula is C38H56O9. The molecule has 8 atom stereocenters. The van der Waals surface area contributed by atoms with Gasteiger partial charge in [-0.25, -0.2) is 0 Å². The van der Waals surface area contributed by atoms with Crippen LogP contribution < -0.4 is 4.74 Å². The first kappa shape index (κ1) is 36.0. The summed E-state index contributed by atoms with van der Waals surface area (Å²) >= 11 is 0. The van der Waals surface area contributed by atoms with E-state index >= 15 is 0 Å². The number of carbonyl (C=O) groups is 1. The van der Waals surface area contributed by atoms with Crippen molar-refractivity contribution in [1.29, 1.82) is 0 Å². The molecule has 3 heterocycles. The molecule has 47 heavy (non-hydrogen) atoms. The molecule has 4 fully saturated rings. The highest BCUT2D eigenvalue weighted by molar-refractivity contribution is 5.69. The third kappa shape index (κ3) is 12.3. The third-order valence-corrected chi connectivity index (χ3v) is 9.52. The van der Waals surface area contributed by atoms with E-state index in [1.807, 2.05) is 30.3 Å². The van der Waals surface area contributed by atoms with Crippen molar-refractivity contribution in [3.8, 4) is 5.75 Å². The Kier molecular flexibility index (Phi) is 15.6. The normalized spacial score (nSPS) is 30.9. The number of esters is 1. The van der Waals surface area contributed by atoms with Gasteiger partial charge >= 0.3 is 5.97 Å². The monoisotopic (exact) mass is 656 g/mol. The largest absolute Gasteiger partial charge is 0.491 e. The smallest absolute Gasteiger partial charge is 0.305 e. The van der Waals surface area contributed by atoms with Gasteiger partial charge in [0.2, 0.25) is 0 Å². The highest BCUT2D eigenvalue weighted by Crippen LogP contribution is 2.42. The highest BCUT2D eigenvalue weighted by Gasteiger charge is 2.45. The van der Waals surface area contributed by atoms with Crippen LogP contribution in [0.1, 0.15) is 89.9 Å². The van der Waals surface area contributed by atoms with Crippen LogP contribution in [0.5, 0.6) is 5.75 Å². The number of allylic oxidation sites excluding steroid dienone is 2. The summed E-state index contributed by atoms with van der Waals surface area (Å²) in [5.41, 5.74) is 0. The second-order valence-electron chi connectivity index (χ2n) is 13.1. The van der Waals surface area contributed by atoms with Crippen LogP contribution in [0.3, 0.4) is 0 Å². The average molecular weight is 657 g/mol. The highest BCUT2D eigenvalue weighted by atomic mass is 16.7. The fourth-order valence-electron chi connectivity index (χ4n) is 6.93. The average Bonchev–Trinajstić information content (AvgIpc) is 3.43. The van der Waals surface area contributed by atoms with Crippen molar-refractivity contribution in [3.63, 3.8) is 0 Å². The number of unbranched alkanes of at least 4 members (excludes halogenated alkanes) is 1. The minimum absolute atomic E-state index is 0.0253. The van der Waals surface area contributed by atoms with Gasteiger partial charge in [0.1, 0.15) is 18.5 Å². The molecule has 0 bridgehead atoms. The van der Waals surface area contributed by atoms with Gasteiger partial charge in [0.05, 0.1) is 19.3 Å². The Morgan fingerprint density at radius 2 is 1.51 bits per heavy atom. The van der Waals surface area contributed by atoms with Gasteiger partial charge < -0.3 is 37.9 Å². The van der Waals surface area contributed by atoms with Gasteiger partial charge in [-0.1, -0.05) is 42.5 Å². The van der Waals surface area contributed by atoms with E-state index in [4.69, 9.17) is 37.9 Å². The van der Waals surface area contributed by atoms with Gasteiger partial charge in [-0.3, -0.25) is 4.79 Å². The standard InChI is InChI=1S/C38H56O9/c1-40-35(39)18-8-3-2-7-17-31-32(23-22-30(45-36-19-9-12-24-41-36)28-44-29-15-5-4-6-16-29)34(47-38-21-11-14-26-43-38)27-33(31)46-37-20-10-13-25-42-37/h2,4-7,15-16,22-23,30-34,36-38H,3,8-14,17-21,24-28H2,1H3/t30-,31-,32-,33+,34-,36?,37?,38?/m1/s1. The molecule has 1 saturated carbocycles. The lowest BCUT2D eigenvalue weighted by atomic mass is 9.89. The molecule has 0 aromatic heterocycles. The number of hydrogen-bond donors (Lipinski definition) is 0. The minimum Gasteiger partial charge on any atom is -0.491 e. The van der Waals surface area contributed by atoms with Crippen molar-refractivity contribution in [3.05, 3.63) is 54.6 Å². The van der Waals surface area contributed by atoms with E-state index in [1.54, 1.807) is 0 Å². The minimum atomic E-state index is -0.291. The van der Waals surface area contributed by atoms with Crippen LogP contribution in [0, 0.1) is 11.8 Å². The Balaban J connectivity index is 1.33. The number of hydrogen-bond acceptors (Lipinski definition) is 9. The van der Waals surface area contributed by atoms with Crippen molar-refractivity contribution in [2.75, 3.05) is 33.5 Å². The van der Waals surface area contributed by atoms with Crippen LogP contribution in [0.2, 0.25) is 0 Å². The van der Waals surface area contributed by atoms with Crippen LogP contribution in [0.15, 0.2) is 54.6 Å². The lowest BCUT2D eigenvalue weighted by molar-refractivity contribution is -0.203. The first-order chi connectivity index (χ1) is 23.2. The van der Waals surface area contributed by atoms with E-state index in [9.17, 15) is 4.79 Å². The molecule has 0 spiro atoms. The maximum absolute atomic E-state index is 11.6. The molecule has 9 heteroatoms. The van der Waals surface area contributed by atoms with Crippen molar-refractivity contribution < 1.29 is 42.7 Å². The zero-order chi connectivity index (χ0) is 32.5. The SMILES string of the molecule is COC(=O)CCCC=CC[C@@H]1[C@@H](C=C[C@H](COc2ccccc2)OC2CCCCO2)[C@H](OC2CCCCO2)C[C@@H]1OC1CCCCO1. The topological polar surface area (TPSA) is 90.9 Å². The number of ether oxygens (including phenoxy) is 8. The van der Waals surface area contributed by atoms with Crippen molar-refractivity contribution in [1.82, 2.24) is 0 Å². The summed E-state index contributed by atoms with van der Waals surface area (Å²) in [6, 6.07) is 9.86. The summed E-state index contributed by atoms with van der Waals surface area (Å²) in [6.07, 6.45) is 20.7. The molecule has 9 nitrogen and oxygen atoms in total. The maximum atomic E-state index is 11.6. The van der Waals surface area contributed by atoms with Crippen LogP contribution in [0.25, 0.3) is 0 Å². The van der Waals surface area contributed by atoms with Crippen molar-refractivity contribution in [2.45, 2.75) is 127 Å². The lowest BCUT2D eigenvalue weighted by Crippen LogP contribution is -2.32. The van der Waals surface area contributed by atoms with Gasteiger partial charge in [-0.05, 0) is 95.1 Å². The molecule has 3 unspecified atom stereocenters. The first-order valence-electron chi connectivity index (χ1n) is 18.1. The Hall–Kier alpha value is -2.27. The summed E-state index contributed by atoms with van der Waals surface area (Å²) < 4.78 is 49.0. The second kappa shape index (κ2) is 20.3. The fourth-order valence-corrected chi connectivity index (χ4v) is 6.93. The van der Waals surface area contributed by atoms with Gasteiger partial charge in [-0.15, -0.1) is 0 Å². The van der Waals surface area contributed by atoms with Gasteiger partial charge in [0.25, 0.3) is 0 Å². The predicted octanol–water partition coefficient (Wildman–Crippen LogP) is 7.28. The zero-order valence-corrected chi connectivity index (χ0v) is 28.2. The summed E-state index contributed by atoms with van der Waals surface area (Å²) in [5, 5.41) is 0. The molecule has 3 aliphatic heterocycles. The summed E-state index contributed by atoms with van der Waals surface area (Å²) in [5.74, 6) is 0.886. The maximum Gasteiger partial charge on any atom is 0.305 e. The van der Waals surface area contributed by atoms with Crippen molar-refractivity contribution >= 4 is 5.97 Å². The molecule has 0 radical (unpaired) electrons. The number of rotatable bonds is 17. The fraction of sp³-hybridized carbons (Fsp3) is 0.711. The van der Waals surface area contributed by atoms with Crippen molar-refractivity contribution in [2.24, 2.45) is 11.8 Å². The number of para-hydroxylation sites is 1. The number of methoxy groups -OCH3 is 1. The molecular weight excluding hydrogens is 600 g/mol. The Labute approximate surface area is 281 Å². The van der Waals surface area contributed by atoms with E-state index in [0.29, 0.717) is 13.0 Å².